The first-order valence-electron chi connectivity index (χ1n) is 9.43. The summed E-state index contributed by atoms with van der Waals surface area (Å²) in [5.41, 5.74) is 6.37. The lowest BCUT2D eigenvalue weighted by Gasteiger charge is -2.42. The van der Waals surface area contributed by atoms with E-state index in [9.17, 15) is 4.79 Å². The summed E-state index contributed by atoms with van der Waals surface area (Å²) in [6.07, 6.45) is 5.70. The molecule has 0 aromatic heterocycles. The zero-order valence-electron chi connectivity index (χ0n) is 15.5. The van der Waals surface area contributed by atoms with E-state index in [1.165, 1.54) is 25.7 Å². The highest BCUT2D eigenvalue weighted by atomic mass is 35.5. The van der Waals surface area contributed by atoms with E-state index in [0.717, 1.165) is 49.6 Å². The van der Waals surface area contributed by atoms with Crippen molar-refractivity contribution < 1.29 is 4.79 Å². The minimum absolute atomic E-state index is 0. The fourth-order valence-electron chi connectivity index (χ4n) is 5.15. The number of benzene rings is 1. The third-order valence-electron chi connectivity index (χ3n) is 6.59. The number of nitrogens with zero attached hydrogens (tertiary/aromatic N) is 2. The molecule has 1 aromatic rings. The Kier molecular flexibility index (Phi) is 7.00. The van der Waals surface area contributed by atoms with Gasteiger partial charge in [-0.05, 0) is 43.6 Å². The van der Waals surface area contributed by atoms with Crippen LogP contribution < -0.4 is 5.73 Å². The van der Waals surface area contributed by atoms with Gasteiger partial charge in [0.1, 0.15) is 5.54 Å². The Morgan fingerprint density at radius 3 is 2.23 bits per heavy atom. The van der Waals surface area contributed by atoms with Gasteiger partial charge >= 0.3 is 0 Å². The van der Waals surface area contributed by atoms with Gasteiger partial charge in [-0.1, -0.05) is 36.8 Å². The monoisotopic (exact) mass is 399 g/mol. The van der Waals surface area contributed by atoms with Crippen LogP contribution in [0.2, 0.25) is 0 Å². The summed E-state index contributed by atoms with van der Waals surface area (Å²) in [6.45, 7) is 5.47. The Morgan fingerprint density at radius 1 is 1.04 bits per heavy atom. The number of halogens is 2. The van der Waals surface area contributed by atoms with Crippen molar-refractivity contribution >= 4 is 30.7 Å². The van der Waals surface area contributed by atoms with Crippen LogP contribution in [-0.2, 0) is 10.3 Å². The molecule has 4 atom stereocenters. The lowest BCUT2D eigenvalue weighted by atomic mass is 9.91. The molecule has 1 amide bonds. The summed E-state index contributed by atoms with van der Waals surface area (Å²) in [5, 5.41) is 0. The van der Waals surface area contributed by atoms with E-state index < -0.39 is 5.54 Å². The topological polar surface area (TPSA) is 49.6 Å². The summed E-state index contributed by atoms with van der Waals surface area (Å²) in [7, 11) is 0. The number of rotatable bonds is 3. The second-order valence-electron chi connectivity index (χ2n) is 8.14. The Morgan fingerprint density at radius 2 is 1.69 bits per heavy atom. The molecule has 4 nitrogen and oxygen atoms in total. The van der Waals surface area contributed by atoms with Gasteiger partial charge in [0.2, 0.25) is 5.91 Å². The van der Waals surface area contributed by atoms with Gasteiger partial charge in [-0.2, -0.15) is 0 Å². The molecule has 2 aliphatic carbocycles. The van der Waals surface area contributed by atoms with Crippen LogP contribution in [0.25, 0.3) is 0 Å². The molecule has 4 rings (SSSR count). The molecule has 4 unspecified atom stereocenters. The van der Waals surface area contributed by atoms with Crippen LogP contribution in [0.3, 0.4) is 0 Å². The molecule has 146 valence electrons. The molecule has 2 bridgehead atoms. The maximum Gasteiger partial charge on any atom is 0.247 e. The molecule has 3 fully saturated rings. The van der Waals surface area contributed by atoms with Gasteiger partial charge in [0, 0.05) is 32.2 Å². The Hall–Kier alpha value is -0.810. The van der Waals surface area contributed by atoms with Crippen molar-refractivity contribution in [1.29, 1.82) is 0 Å². The Balaban J connectivity index is 0.00000121. The van der Waals surface area contributed by atoms with E-state index in [4.69, 9.17) is 5.73 Å². The quantitative estimate of drug-likeness (QED) is 0.849. The van der Waals surface area contributed by atoms with Crippen molar-refractivity contribution in [2.45, 2.75) is 44.2 Å². The largest absolute Gasteiger partial charge is 0.338 e. The molecule has 0 radical (unpaired) electrons. The van der Waals surface area contributed by atoms with E-state index >= 15 is 0 Å². The summed E-state index contributed by atoms with van der Waals surface area (Å²) in [5.74, 6) is 1.95. The molecular weight excluding hydrogens is 369 g/mol. The van der Waals surface area contributed by atoms with E-state index in [1.54, 1.807) is 0 Å². The standard InChI is InChI=1S/C20H29N3O.2ClH/c1-20(21,17-5-3-2-4-6-17)19(24)23-11-9-22(10-12-23)18-14-15-7-8-16(18)13-15;;/h2-6,15-16,18H,7-14,21H2,1H3;2*1H. The lowest BCUT2D eigenvalue weighted by Crippen LogP contribution is -2.58. The zero-order chi connectivity index (χ0) is 16.7. The minimum atomic E-state index is -0.935. The smallest absolute Gasteiger partial charge is 0.247 e. The third-order valence-corrected chi connectivity index (χ3v) is 6.59. The predicted octanol–water partition coefficient (Wildman–Crippen LogP) is 3.04. The number of piperazine rings is 1. The van der Waals surface area contributed by atoms with Gasteiger partial charge in [0.05, 0.1) is 0 Å². The molecule has 26 heavy (non-hydrogen) atoms. The van der Waals surface area contributed by atoms with Crippen molar-refractivity contribution in [2.24, 2.45) is 17.6 Å². The number of amides is 1. The third kappa shape index (κ3) is 3.89. The molecule has 2 saturated carbocycles. The number of fused-ring (bicyclic) bond motifs is 2. The molecule has 1 aliphatic heterocycles. The molecule has 1 aromatic carbocycles. The van der Waals surface area contributed by atoms with Crippen LogP contribution in [0.1, 0.15) is 38.2 Å². The van der Waals surface area contributed by atoms with Crippen molar-refractivity contribution in [3.63, 3.8) is 0 Å². The predicted molar refractivity (Wildman–Crippen MR) is 110 cm³/mol. The van der Waals surface area contributed by atoms with Gasteiger partial charge in [-0.3, -0.25) is 9.69 Å². The van der Waals surface area contributed by atoms with Crippen LogP contribution in [-0.4, -0.2) is 47.9 Å². The highest BCUT2D eigenvalue weighted by Crippen LogP contribution is 2.46. The van der Waals surface area contributed by atoms with Crippen LogP contribution in [0.5, 0.6) is 0 Å². The Labute approximate surface area is 169 Å². The average molecular weight is 400 g/mol. The number of hydrogen-bond acceptors (Lipinski definition) is 3. The first-order chi connectivity index (χ1) is 11.6. The molecule has 6 heteroatoms. The average Bonchev–Trinajstić information content (AvgIpc) is 3.25. The Bertz CT molecular complexity index is 602. The summed E-state index contributed by atoms with van der Waals surface area (Å²) in [6, 6.07) is 10.5. The van der Waals surface area contributed by atoms with Crippen LogP contribution in [0, 0.1) is 11.8 Å². The minimum Gasteiger partial charge on any atom is -0.338 e. The first-order valence-corrected chi connectivity index (χ1v) is 9.43. The number of nitrogens with two attached hydrogens (primary N) is 1. The molecule has 2 N–H and O–H groups in total. The molecule has 1 saturated heterocycles. The van der Waals surface area contributed by atoms with Crippen molar-refractivity contribution in [2.75, 3.05) is 26.2 Å². The van der Waals surface area contributed by atoms with E-state index in [1.807, 2.05) is 42.2 Å². The van der Waals surface area contributed by atoms with Gasteiger partial charge in [0.25, 0.3) is 0 Å². The van der Waals surface area contributed by atoms with Gasteiger partial charge in [-0.25, -0.2) is 0 Å². The van der Waals surface area contributed by atoms with Gasteiger partial charge in [0.15, 0.2) is 0 Å². The fraction of sp³-hybridized carbons (Fsp3) is 0.650. The normalized spacial score (nSPS) is 30.2. The zero-order valence-corrected chi connectivity index (χ0v) is 17.1. The van der Waals surface area contributed by atoms with Crippen molar-refractivity contribution in [3.8, 4) is 0 Å². The number of hydrogen-bond donors (Lipinski definition) is 1. The highest BCUT2D eigenvalue weighted by molar-refractivity contribution is 5.87. The van der Waals surface area contributed by atoms with E-state index in [-0.39, 0.29) is 30.7 Å². The summed E-state index contributed by atoms with van der Waals surface area (Å²) < 4.78 is 0. The van der Waals surface area contributed by atoms with Crippen LogP contribution >= 0.6 is 24.8 Å². The number of carbonyl (C=O) groups excluding carboxylic acids is 1. The second kappa shape index (κ2) is 8.47. The SMILES string of the molecule is CC(N)(C(=O)N1CCN(C2CC3CCC2C3)CC1)c1ccccc1.Cl.Cl. The number of carbonyl (C=O) groups is 1. The molecular formula is C20H31Cl2N3O. The van der Waals surface area contributed by atoms with E-state index in [0.29, 0.717) is 0 Å². The maximum atomic E-state index is 13.0. The molecule has 1 heterocycles. The van der Waals surface area contributed by atoms with Gasteiger partial charge < -0.3 is 10.6 Å². The molecule has 3 aliphatic rings. The van der Waals surface area contributed by atoms with Gasteiger partial charge in [-0.15, -0.1) is 24.8 Å². The fourth-order valence-corrected chi connectivity index (χ4v) is 5.15. The maximum absolute atomic E-state index is 13.0. The van der Waals surface area contributed by atoms with Crippen LogP contribution in [0.4, 0.5) is 0 Å². The van der Waals surface area contributed by atoms with Crippen molar-refractivity contribution in [3.05, 3.63) is 35.9 Å². The molecule has 0 spiro atoms. The first kappa shape index (κ1) is 21.5. The second-order valence-corrected chi connectivity index (χ2v) is 8.14. The van der Waals surface area contributed by atoms with E-state index in [2.05, 4.69) is 4.90 Å². The summed E-state index contributed by atoms with van der Waals surface area (Å²) in [4.78, 5) is 17.6. The van der Waals surface area contributed by atoms with Crippen LogP contribution in [0.15, 0.2) is 30.3 Å². The summed E-state index contributed by atoms with van der Waals surface area (Å²) >= 11 is 0. The van der Waals surface area contributed by atoms with Crippen molar-refractivity contribution in [1.82, 2.24) is 9.80 Å². The lowest BCUT2D eigenvalue weighted by molar-refractivity contribution is -0.139. The highest BCUT2D eigenvalue weighted by Gasteiger charge is 2.43.